The van der Waals surface area contributed by atoms with Crippen LogP contribution in [0.4, 0.5) is 0 Å². The summed E-state index contributed by atoms with van der Waals surface area (Å²) in [5.74, 6) is 1.33. The van der Waals surface area contributed by atoms with Crippen molar-refractivity contribution in [3.63, 3.8) is 0 Å². The standard InChI is InChI=1S/C27H37NO2/c1-19-7-6-12-27(2)17-25-22(16-24(19)27)23(26(29)30-25)18-28-13-10-21(11-14-28)15-20-8-4-3-5-9-20/h3-5,8-9,21-23,25H,6-7,10-18H2,1-2H3/t22-,23+,25-,27-/m1/s1. The molecule has 0 amide bonds. The zero-order valence-electron chi connectivity index (χ0n) is 18.7. The van der Waals surface area contributed by atoms with Crippen molar-refractivity contribution in [3.8, 4) is 0 Å². The molecule has 5 rings (SSSR count). The normalized spacial score (nSPS) is 35.1. The number of hydrogen-bond acceptors (Lipinski definition) is 3. The zero-order valence-corrected chi connectivity index (χ0v) is 18.7. The van der Waals surface area contributed by atoms with Crippen molar-refractivity contribution in [1.82, 2.24) is 4.90 Å². The third-order valence-corrected chi connectivity index (χ3v) is 8.71. The van der Waals surface area contributed by atoms with E-state index in [1.165, 1.54) is 44.1 Å². The third-order valence-electron chi connectivity index (χ3n) is 8.71. The second kappa shape index (κ2) is 8.15. The predicted octanol–water partition coefficient (Wildman–Crippen LogP) is 5.40. The van der Waals surface area contributed by atoms with E-state index in [1.54, 1.807) is 11.1 Å². The van der Waals surface area contributed by atoms with Crippen molar-refractivity contribution < 1.29 is 9.53 Å². The molecule has 1 aromatic rings. The highest BCUT2D eigenvalue weighted by atomic mass is 16.6. The van der Waals surface area contributed by atoms with Gasteiger partial charge in [-0.1, -0.05) is 48.4 Å². The van der Waals surface area contributed by atoms with Gasteiger partial charge in [-0.05, 0) is 88.3 Å². The van der Waals surface area contributed by atoms with E-state index in [1.807, 2.05) is 0 Å². The van der Waals surface area contributed by atoms with Crippen LogP contribution >= 0.6 is 0 Å². The molecule has 1 aromatic carbocycles. The number of carbonyl (C=O) groups is 1. The number of nitrogens with zero attached hydrogens (tertiary/aromatic N) is 1. The smallest absolute Gasteiger partial charge is 0.310 e. The summed E-state index contributed by atoms with van der Waals surface area (Å²) < 4.78 is 5.98. The van der Waals surface area contributed by atoms with Crippen LogP contribution in [0, 0.1) is 23.2 Å². The summed E-state index contributed by atoms with van der Waals surface area (Å²) in [5.41, 5.74) is 5.00. The Balaban J connectivity index is 1.20. The van der Waals surface area contributed by atoms with Crippen LogP contribution in [0.15, 0.2) is 41.5 Å². The lowest BCUT2D eigenvalue weighted by atomic mass is 9.59. The highest BCUT2D eigenvalue weighted by Crippen LogP contribution is 2.55. The molecule has 4 atom stereocenters. The van der Waals surface area contributed by atoms with Gasteiger partial charge in [0, 0.05) is 12.5 Å². The average molecular weight is 408 g/mol. The van der Waals surface area contributed by atoms with Gasteiger partial charge in [-0.2, -0.15) is 0 Å². The first-order valence-corrected chi connectivity index (χ1v) is 12.2. The summed E-state index contributed by atoms with van der Waals surface area (Å²) in [4.78, 5) is 15.4. The number of fused-ring (bicyclic) bond motifs is 2. The molecule has 3 nitrogen and oxygen atoms in total. The van der Waals surface area contributed by atoms with E-state index in [0.29, 0.717) is 5.92 Å². The Hall–Kier alpha value is -1.61. The Morgan fingerprint density at radius 1 is 1.17 bits per heavy atom. The second-order valence-electron chi connectivity index (χ2n) is 10.8. The van der Waals surface area contributed by atoms with E-state index in [9.17, 15) is 4.79 Å². The first-order valence-electron chi connectivity index (χ1n) is 12.2. The van der Waals surface area contributed by atoms with Gasteiger partial charge < -0.3 is 9.64 Å². The van der Waals surface area contributed by atoms with Crippen LogP contribution in [-0.4, -0.2) is 36.6 Å². The molecule has 4 aliphatic rings. The van der Waals surface area contributed by atoms with E-state index in [2.05, 4.69) is 49.1 Å². The Morgan fingerprint density at radius 3 is 2.70 bits per heavy atom. The van der Waals surface area contributed by atoms with Gasteiger partial charge in [0.2, 0.25) is 0 Å². The van der Waals surface area contributed by atoms with Crippen LogP contribution in [0.25, 0.3) is 0 Å². The van der Waals surface area contributed by atoms with E-state index in [4.69, 9.17) is 4.74 Å². The van der Waals surface area contributed by atoms with Gasteiger partial charge in [-0.15, -0.1) is 0 Å². The van der Waals surface area contributed by atoms with Crippen LogP contribution in [0.5, 0.6) is 0 Å². The molecular weight excluding hydrogens is 370 g/mol. The van der Waals surface area contributed by atoms with Gasteiger partial charge in [0.25, 0.3) is 0 Å². The predicted molar refractivity (Wildman–Crippen MR) is 120 cm³/mol. The zero-order chi connectivity index (χ0) is 20.7. The first-order chi connectivity index (χ1) is 14.5. The molecule has 0 bridgehead atoms. The highest BCUT2D eigenvalue weighted by molar-refractivity contribution is 5.76. The molecule has 2 aliphatic carbocycles. The molecule has 0 unspecified atom stereocenters. The second-order valence-corrected chi connectivity index (χ2v) is 10.8. The number of allylic oxidation sites excluding steroid dienone is 2. The molecule has 2 saturated heterocycles. The summed E-state index contributed by atoms with van der Waals surface area (Å²) in [6.07, 6.45) is 9.77. The van der Waals surface area contributed by atoms with E-state index in [0.717, 1.165) is 38.4 Å². The molecule has 0 N–H and O–H groups in total. The maximum atomic E-state index is 12.8. The van der Waals surface area contributed by atoms with E-state index >= 15 is 0 Å². The number of carbonyl (C=O) groups excluding carboxylic acids is 1. The van der Waals surface area contributed by atoms with Gasteiger partial charge >= 0.3 is 5.97 Å². The molecule has 162 valence electrons. The summed E-state index contributed by atoms with van der Waals surface area (Å²) in [5, 5.41) is 0. The number of likely N-dealkylation sites (tertiary alicyclic amines) is 1. The van der Waals surface area contributed by atoms with Gasteiger partial charge in [0.15, 0.2) is 0 Å². The highest BCUT2D eigenvalue weighted by Gasteiger charge is 2.53. The van der Waals surface area contributed by atoms with Gasteiger partial charge in [-0.3, -0.25) is 4.79 Å². The third kappa shape index (κ3) is 3.86. The van der Waals surface area contributed by atoms with Gasteiger partial charge in [0.05, 0.1) is 5.92 Å². The van der Waals surface area contributed by atoms with Crippen LogP contribution < -0.4 is 0 Å². The van der Waals surface area contributed by atoms with Crippen LogP contribution in [0.2, 0.25) is 0 Å². The summed E-state index contributed by atoms with van der Waals surface area (Å²) >= 11 is 0. The molecule has 0 spiro atoms. The van der Waals surface area contributed by atoms with Crippen LogP contribution in [0.3, 0.4) is 0 Å². The summed E-state index contributed by atoms with van der Waals surface area (Å²) in [7, 11) is 0. The topological polar surface area (TPSA) is 29.5 Å². The van der Waals surface area contributed by atoms with Crippen molar-refractivity contribution >= 4 is 5.97 Å². The number of hydrogen-bond donors (Lipinski definition) is 0. The average Bonchev–Trinajstić information content (AvgIpc) is 3.02. The van der Waals surface area contributed by atoms with E-state index < -0.39 is 0 Å². The Labute approximate surface area is 181 Å². The molecule has 2 aliphatic heterocycles. The summed E-state index contributed by atoms with van der Waals surface area (Å²) in [6.45, 7) is 7.90. The van der Waals surface area contributed by atoms with Crippen molar-refractivity contribution in [1.29, 1.82) is 0 Å². The molecule has 30 heavy (non-hydrogen) atoms. The van der Waals surface area contributed by atoms with Crippen LogP contribution in [0.1, 0.15) is 64.4 Å². The number of piperidine rings is 1. The number of rotatable bonds is 4. The fourth-order valence-electron chi connectivity index (χ4n) is 6.92. The largest absolute Gasteiger partial charge is 0.462 e. The molecule has 1 saturated carbocycles. The van der Waals surface area contributed by atoms with Gasteiger partial charge in [0.1, 0.15) is 6.10 Å². The van der Waals surface area contributed by atoms with Crippen molar-refractivity contribution in [2.24, 2.45) is 23.2 Å². The molecule has 0 radical (unpaired) electrons. The monoisotopic (exact) mass is 407 g/mol. The molecule has 3 heteroatoms. The Bertz CT molecular complexity index is 807. The van der Waals surface area contributed by atoms with Crippen molar-refractivity contribution in [3.05, 3.63) is 47.0 Å². The lowest BCUT2D eigenvalue weighted by Gasteiger charge is -2.46. The number of benzene rings is 1. The van der Waals surface area contributed by atoms with E-state index in [-0.39, 0.29) is 23.4 Å². The molecular formula is C27H37NO2. The minimum atomic E-state index is 0.0763. The lowest BCUT2D eigenvalue weighted by molar-refractivity contribution is -0.145. The minimum absolute atomic E-state index is 0.0763. The minimum Gasteiger partial charge on any atom is -0.462 e. The molecule has 0 aromatic heterocycles. The van der Waals surface area contributed by atoms with Crippen LogP contribution in [-0.2, 0) is 16.0 Å². The molecule has 2 heterocycles. The Morgan fingerprint density at radius 2 is 1.93 bits per heavy atom. The quantitative estimate of drug-likeness (QED) is 0.494. The number of esters is 1. The van der Waals surface area contributed by atoms with Crippen molar-refractivity contribution in [2.45, 2.75) is 71.3 Å². The maximum absolute atomic E-state index is 12.8. The fraction of sp³-hybridized carbons (Fsp3) is 0.667. The fourth-order valence-corrected chi connectivity index (χ4v) is 6.92. The van der Waals surface area contributed by atoms with Gasteiger partial charge in [-0.25, -0.2) is 0 Å². The first kappa shape index (κ1) is 20.3. The lowest BCUT2D eigenvalue weighted by Crippen LogP contribution is -2.43. The SMILES string of the molecule is CC1=C2C[C@@H]3[C@H](CN4CCC(Cc5ccccc5)CC4)C(=O)O[C@@H]3C[C@@]2(C)CCC1. The molecule has 3 fully saturated rings. The Kier molecular flexibility index (Phi) is 5.51. The van der Waals surface area contributed by atoms with Crippen molar-refractivity contribution in [2.75, 3.05) is 19.6 Å². The summed E-state index contributed by atoms with van der Waals surface area (Å²) in [6, 6.07) is 10.9. The maximum Gasteiger partial charge on any atom is 0.310 e. The number of ether oxygens (including phenoxy) is 1.